The Kier molecular flexibility index (Phi) is 6.79. The lowest BCUT2D eigenvalue weighted by Gasteiger charge is -2.19. The van der Waals surface area contributed by atoms with Crippen LogP contribution in [0.1, 0.15) is 23.5 Å². The molecule has 0 fully saturated rings. The van der Waals surface area contributed by atoms with Gasteiger partial charge in [0.2, 0.25) is 5.91 Å². The average molecular weight is 483 g/mol. The van der Waals surface area contributed by atoms with Crippen LogP contribution in [0.3, 0.4) is 0 Å². The van der Waals surface area contributed by atoms with Crippen LogP contribution in [-0.2, 0) is 14.3 Å². The van der Waals surface area contributed by atoms with E-state index in [2.05, 4.69) is 10.6 Å². The number of alkyl carbamates (subject to hydrolysis) is 1. The third-order valence-electron chi connectivity index (χ3n) is 5.54. The molecule has 34 heavy (non-hydrogen) atoms. The number of halogens is 2. The topological polar surface area (TPSA) is 105 Å². The number of benzene rings is 3. The second kappa shape index (κ2) is 9.93. The molecule has 1 aliphatic carbocycles. The van der Waals surface area contributed by atoms with Crippen LogP contribution in [0.4, 0.5) is 14.9 Å². The van der Waals surface area contributed by atoms with Gasteiger partial charge in [0.25, 0.3) is 0 Å². The van der Waals surface area contributed by atoms with Crippen molar-refractivity contribution in [3.05, 3.63) is 88.7 Å². The molecule has 0 bridgehead atoms. The molecule has 174 valence electrons. The number of hydrogen-bond donors (Lipinski definition) is 3. The van der Waals surface area contributed by atoms with E-state index in [0.717, 1.165) is 28.3 Å². The number of para-hydroxylation sites is 1. The fraction of sp³-hybridized carbons (Fsp3) is 0.160. The minimum atomic E-state index is -1.51. The van der Waals surface area contributed by atoms with E-state index in [1.165, 1.54) is 12.1 Å². The Morgan fingerprint density at radius 1 is 0.971 bits per heavy atom. The molecule has 2 amide bonds. The molecule has 0 heterocycles. The van der Waals surface area contributed by atoms with Crippen molar-refractivity contribution in [2.45, 2.75) is 18.4 Å². The first-order valence-electron chi connectivity index (χ1n) is 10.4. The summed E-state index contributed by atoms with van der Waals surface area (Å²) < 4.78 is 19.4. The first kappa shape index (κ1) is 23.3. The Balaban J connectivity index is 1.45. The number of anilines is 1. The fourth-order valence-electron chi connectivity index (χ4n) is 3.99. The number of carbonyl (C=O) groups excluding carboxylic acids is 2. The zero-order valence-corrected chi connectivity index (χ0v) is 18.5. The van der Waals surface area contributed by atoms with Gasteiger partial charge in [-0.1, -0.05) is 66.2 Å². The molecule has 3 N–H and O–H groups in total. The van der Waals surface area contributed by atoms with E-state index in [1.54, 1.807) is 0 Å². The molecule has 3 aromatic carbocycles. The zero-order valence-electron chi connectivity index (χ0n) is 17.8. The Morgan fingerprint density at radius 3 is 2.18 bits per heavy atom. The van der Waals surface area contributed by atoms with E-state index in [4.69, 9.17) is 21.4 Å². The largest absolute Gasteiger partial charge is 0.481 e. The van der Waals surface area contributed by atoms with Crippen LogP contribution in [-0.4, -0.2) is 35.7 Å². The van der Waals surface area contributed by atoms with Gasteiger partial charge in [-0.25, -0.2) is 9.18 Å². The lowest BCUT2D eigenvalue weighted by molar-refractivity contribution is -0.139. The van der Waals surface area contributed by atoms with Crippen LogP contribution in [0.25, 0.3) is 11.1 Å². The van der Waals surface area contributed by atoms with Gasteiger partial charge in [0.1, 0.15) is 18.5 Å². The molecular weight excluding hydrogens is 463 g/mol. The summed E-state index contributed by atoms with van der Waals surface area (Å²) in [6.45, 7) is -0.0135. The summed E-state index contributed by atoms with van der Waals surface area (Å²) >= 11 is 5.91. The molecule has 1 unspecified atom stereocenters. The number of aliphatic carboxylic acids is 1. The maximum absolute atomic E-state index is 14.0. The molecule has 0 saturated heterocycles. The summed E-state index contributed by atoms with van der Waals surface area (Å²) in [6, 6.07) is 17.9. The smallest absolute Gasteiger partial charge is 0.407 e. The highest BCUT2D eigenvalue weighted by molar-refractivity contribution is 6.33. The molecule has 9 heteroatoms. The first-order chi connectivity index (χ1) is 16.3. The van der Waals surface area contributed by atoms with Crippen molar-refractivity contribution in [3.63, 3.8) is 0 Å². The second-order valence-corrected chi connectivity index (χ2v) is 8.11. The molecular formula is C25H20ClFN2O5. The van der Waals surface area contributed by atoms with E-state index < -0.39 is 36.2 Å². The average Bonchev–Trinajstić information content (AvgIpc) is 3.13. The van der Waals surface area contributed by atoms with Gasteiger partial charge in [-0.15, -0.1) is 0 Å². The molecule has 0 radical (unpaired) electrons. The van der Waals surface area contributed by atoms with E-state index >= 15 is 0 Å². The van der Waals surface area contributed by atoms with Crippen LogP contribution >= 0.6 is 11.6 Å². The van der Waals surface area contributed by atoms with Gasteiger partial charge in [-0.2, -0.15) is 0 Å². The first-order valence-corrected chi connectivity index (χ1v) is 10.8. The van der Waals surface area contributed by atoms with Crippen molar-refractivity contribution in [2.24, 2.45) is 0 Å². The molecule has 0 saturated carbocycles. The van der Waals surface area contributed by atoms with Gasteiger partial charge in [0.05, 0.1) is 17.1 Å². The normalized spacial score (nSPS) is 12.9. The third kappa shape index (κ3) is 4.87. The quantitative estimate of drug-likeness (QED) is 0.448. The third-order valence-corrected chi connectivity index (χ3v) is 5.86. The summed E-state index contributed by atoms with van der Waals surface area (Å²) in [5.74, 6) is -3.28. The fourth-order valence-corrected chi connectivity index (χ4v) is 4.20. The molecule has 0 aromatic heterocycles. The number of rotatable bonds is 7. The van der Waals surface area contributed by atoms with Gasteiger partial charge >= 0.3 is 12.1 Å². The van der Waals surface area contributed by atoms with E-state index in [0.29, 0.717) is 0 Å². The maximum atomic E-state index is 14.0. The SMILES string of the molecule is O=C(O)CC(NC(=O)OCC1c2ccccc2-c2ccccc21)C(=O)Nc1c(F)cccc1Cl. The van der Waals surface area contributed by atoms with Gasteiger partial charge in [-0.3, -0.25) is 9.59 Å². The van der Waals surface area contributed by atoms with Crippen LogP contribution in [0.2, 0.25) is 5.02 Å². The summed E-state index contributed by atoms with van der Waals surface area (Å²) in [4.78, 5) is 36.4. The van der Waals surface area contributed by atoms with Gasteiger partial charge in [0.15, 0.2) is 0 Å². The molecule has 0 spiro atoms. The minimum absolute atomic E-state index is 0.0135. The summed E-state index contributed by atoms with van der Waals surface area (Å²) in [6.07, 6.45) is -1.70. The van der Waals surface area contributed by atoms with Gasteiger partial charge < -0.3 is 20.5 Å². The maximum Gasteiger partial charge on any atom is 0.407 e. The highest BCUT2D eigenvalue weighted by Gasteiger charge is 2.30. The van der Waals surface area contributed by atoms with Crippen molar-refractivity contribution < 1.29 is 28.6 Å². The highest BCUT2D eigenvalue weighted by atomic mass is 35.5. The summed E-state index contributed by atoms with van der Waals surface area (Å²) in [5.41, 5.74) is 3.81. The number of carbonyl (C=O) groups is 3. The summed E-state index contributed by atoms with van der Waals surface area (Å²) in [7, 11) is 0. The number of carboxylic acids is 1. The molecule has 1 aliphatic rings. The molecule has 7 nitrogen and oxygen atoms in total. The lowest BCUT2D eigenvalue weighted by Crippen LogP contribution is -2.45. The van der Waals surface area contributed by atoms with Crippen LogP contribution < -0.4 is 10.6 Å². The molecule has 3 aromatic rings. The Morgan fingerprint density at radius 2 is 1.59 bits per heavy atom. The Hall–Kier alpha value is -3.91. The predicted octanol–water partition coefficient (Wildman–Crippen LogP) is 4.80. The number of ether oxygens (including phenoxy) is 1. The van der Waals surface area contributed by atoms with Crippen molar-refractivity contribution >= 4 is 35.3 Å². The minimum Gasteiger partial charge on any atom is -0.481 e. The highest BCUT2D eigenvalue weighted by Crippen LogP contribution is 2.44. The number of carboxylic acid groups (broad SMARTS) is 1. The van der Waals surface area contributed by atoms with E-state index in [1.807, 2.05) is 48.5 Å². The van der Waals surface area contributed by atoms with Crippen molar-refractivity contribution in [1.82, 2.24) is 5.32 Å². The van der Waals surface area contributed by atoms with E-state index in [-0.39, 0.29) is 23.2 Å². The molecule has 1 atom stereocenters. The number of nitrogens with one attached hydrogen (secondary N) is 2. The monoisotopic (exact) mass is 482 g/mol. The number of fused-ring (bicyclic) bond motifs is 3. The van der Waals surface area contributed by atoms with Gasteiger partial charge in [-0.05, 0) is 34.4 Å². The van der Waals surface area contributed by atoms with E-state index in [9.17, 15) is 18.8 Å². The lowest BCUT2D eigenvalue weighted by atomic mass is 9.98. The zero-order chi connectivity index (χ0) is 24.2. The Labute approximate surface area is 199 Å². The Bertz CT molecular complexity index is 1200. The molecule has 4 rings (SSSR count). The van der Waals surface area contributed by atoms with Crippen molar-refractivity contribution in [2.75, 3.05) is 11.9 Å². The molecule has 0 aliphatic heterocycles. The number of amides is 2. The standard InChI is InChI=1S/C25H20ClFN2O5/c26-19-10-5-11-20(27)23(19)29-24(32)21(12-22(30)31)28-25(33)34-13-18-16-8-3-1-6-14(16)15-7-2-4-9-17(15)18/h1-11,18,21H,12-13H2,(H,28,33)(H,29,32)(H,30,31). The van der Waals surface area contributed by atoms with Crippen molar-refractivity contribution in [3.8, 4) is 11.1 Å². The second-order valence-electron chi connectivity index (χ2n) is 7.71. The summed E-state index contributed by atoms with van der Waals surface area (Å²) in [5, 5.41) is 13.6. The number of hydrogen-bond acceptors (Lipinski definition) is 4. The van der Waals surface area contributed by atoms with Gasteiger partial charge in [0, 0.05) is 5.92 Å². The van der Waals surface area contributed by atoms with Crippen LogP contribution in [0.15, 0.2) is 66.7 Å². The van der Waals surface area contributed by atoms with Crippen LogP contribution in [0.5, 0.6) is 0 Å². The predicted molar refractivity (Wildman–Crippen MR) is 124 cm³/mol. The van der Waals surface area contributed by atoms with Crippen LogP contribution in [0, 0.1) is 5.82 Å². The van der Waals surface area contributed by atoms with Crippen molar-refractivity contribution in [1.29, 1.82) is 0 Å².